The van der Waals surface area contributed by atoms with Crippen LogP contribution in [0.2, 0.25) is 0 Å². The van der Waals surface area contributed by atoms with E-state index in [0.717, 1.165) is 32.2 Å². The molecule has 1 aromatic rings. The van der Waals surface area contributed by atoms with Gasteiger partial charge in [0.15, 0.2) is 0 Å². The molecular weight excluding hydrogens is 257 g/mol. The number of hydrogen-bond donors (Lipinski definition) is 0. The van der Waals surface area contributed by atoms with Crippen molar-refractivity contribution in [1.29, 1.82) is 0 Å². The Morgan fingerprint density at radius 2 is 1.68 bits per heavy atom. The zero-order valence-corrected chi connectivity index (χ0v) is 11.0. The fourth-order valence-electron chi connectivity index (χ4n) is 2.11. The molecule has 0 bridgehead atoms. The summed E-state index contributed by atoms with van der Waals surface area (Å²) in [4.78, 5) is 4.11. The van der Waals surface area contributed by atoms with Crippen molar-refractivity contribution >= 4 is 5.69 Å². The van der Waals surface area contributed by atoms with Crippen molar-refractivity contribution < 1.29 is 17.9 Å². The second-order valence-corrected chi connectivity index (χ2v) is 4.71. The van der Waals surface area contributed by atoms with Gasteiger partial charge in [-0.25, -0.2) is 0 Å². The summed E-state index contributed by atoms with van der Waals surface area (Å²) in [6.45, 7) is 3.14. The molecule has 3 nitrogen and oxygen atoms in total. The summed E-state index contributed by atoms with van der Waals surface area (Å²) in [6, 6.07) is 3.87. The molecular formula is C13H17F3N2O. The summed E-state index contributed by atoms with van der Waals surface area (Å²) < 4.78 is 43.5. The maximum absolute atomic E-state index is 12.8. The number of benzene rings is 1. The van der Waals surface area contributed by atoms with Gasteiger partial charge in [-0.05, 0) is 19.2 Å². The van der Waals surface area contributed by atoms with Crippen LogP contribution in [-0.4, -0.2) is 45.2 Å². The van der Waals surface area contributed by atoms with E-state index in [0.29, 0.717) is 5.69 Å². The van der Waals surface area contributed by atoms with E-state index in [9.17, 15) is 13.2 Å². The van der Waals surface area contributed by atoms with Crippen molar-refractivity contribution in [3.8, 4) is 5.75 Å². The summed E-state index contributed by atoms with van der Waals surface area (Å²) in [5.41, 5.74) is -0.0967. The van der Waals surface area contributed by atoms with Crippen LogP contribution in [0.25, 0.3) is 0 Å². The third-order valence-corrected chi connectivity index (χ3v) is 3.32. The topological polar surface area (TPSA) is 15.7 Å². The van der Waals surface area contributed by atoms with Crippen LogP contribution in [-0.2, 0) is 6.18 Å². The molecule has 0 atom stereocenters. The Labute approximate surface area is 110 Å². The van der Waals surface area contributed by atoms with E-state index >= 15 is 0 Å². The fourth-order valence-corrected chi connectivity index (χ4v) is 2.11. The van der Waals surface area contributed by atoms with Gasteiger partial charge in [0.25, 0.3) is 0 Å². The van der Waals surface area contributed by atoms with Crippen LogP contribution >= 0.6 is 0 Å². The van der Waals surface area contributed by atoms with Crippen LogP contribution in [0.3, 0.4) is 0 Å². The molecule has 1 aliphatic rings. The van der Waals surface area contributed by atoms with E-state index in [-0.39, 0.29) is 5.75 Å². The number of piperazine rings is 1. The molecule has 0 spiro atoms. The number of anilines is 1. The normalized spacial score (nSPS) is 17.6. The molecule has 106 valence electrons. The SMILES string of the molecule is COc1cc(N2CCN(C)CC2)cc(C(F)(F)F)c1. The van der Waals surface area contributed by atoms with Crippen molar-refractivity contribution in [3.05, 3.63) is 23.8 Å². The first-order valence-corrected chi connectivity index (χ1v) is 6.10. The lowest BCUT2D eigenvalue weighted by atomic mass is 10.1. The van der Waals surface area contributed by atoms with Gasteiger partial charge in [0.1, 0.15) is 5.75 Å². The van der Waals surface area contributed by atoms with Crippen molar-refractivity contribution in [2.24, 2.45) is 0 Å². The van der Waals surface area contributed by atoms with Crippen molar-refractivity contribution in [1.82, 2.24) is 4.90 Å². The standard InChI is InChI=1S/C13H17F3N2O/c1-17-3-5-18(6-4-17)11-7-10(13(14,15)16)8-12(9-11)19-2/h7-9H,3-6H2,1-2H3. The molecule has 0 amide bonds. The molecule has 0 radical (unpaired) electrons. The Hall–Kier alpha value is -1.43. The molecule has 1 fully saturated rings. The number of methoxy groups -OCH3 is 1. The summed E-state index contributed by atoms with van der Waals surface area (Å²) in [5.74, 6) is 0.240. The van der Waals surface area contributed by atoms with E-state index < -0.39 is 11.7 Å². The highest BCUT2D eigenvalue weighted by Gasteiger charge is 2.32. The van der Waals surface area contributed by atoms with Gasteiger partial charge in [0, 0.05) is 37.9 Å². The first kappa shape index (κ1) is 14.0. The predicted molar refractivity (Wildman–Crippen MR) is 67.7 cm³/mol. The minimum Gasteiger partial charge on any atom is -0.497 e. The Kier molecular flexibility index (Phi) is 3.89. The second-order valence-electron chi connectivity index (χ2n) is 4.71. The lowest BCUT2D eigenvalue weighted by Crippen LogP contribution is -2.44. The number of rotatable bonds is 2. The van der Waals surface area contributed by atoms with Crippen molar-refractivity contribution in [2.45, 2.75) is 6.18 Å². The first-order valence-electron chi connectivity index (χ1n) is 6.10. The van der Waals surface area contributed by atoms with E-state index in [1.807, 2.05) is 11.9 Å². The third kappa shape index (κ3) is 3.32. The molecule has 19 heavy (non-hydrogen) atoms. The second kappa shape index (κ2) is 5.28. The zero-order chi connectivity index (χ0) is 14.0. The Morgan fingerprint density at radius 1 is 1.05 bits per heavy atom. The highest BCUT2D eigenvalue weighted by atomic mass is 19.4. The monoisotopic (exact) mass is 274 g/mol. The van der Waals surface area contributed by atoms with E-state index in [4.69, 9.17) is 4.74 Å². The van der Waals surface area contributed by atoms with E-state index in [1.54, 1.807) is 6.07 Å². The molecule has 0 unspecified atom stereocenters. The molecule has 1 saturated heterocycles. The Balaban J connectivity index is 2.29. The van der Waals surface area contributed by atoms with E-state index in [1.165, 1.54) is 13.2 Å². The average molecular weight is 274 g/mol. The van der Waals surface area contributed by atoms with Gasteiger partial charge in [-0.3, -0.25) is 0 Å². The first-order chi connectivity index (χ1) is 8.90. The summed E-state index contributed by atoms with van der Waals surface area (Å²) >= 11 is 0. The zero-order valence-electron chi connectivity index (χ0n) is 11.0. The Bertz CT molecular complexity index is 440. The number of nitrogens with zero attached hydrogens (tertiary/aromatic N) is 2. The highest BCUT2D eigenvalue weighted by molar-refractivity contribution is 5.54. The molecule has 1 aliphatic heterocycles. The molecule has 6 heteroatoms. The van der Waals surface area contributed by atoms with Crippen LogP contribution in [0, 0.1) is 0 Å². The number of hydrogen-bond acceptors (Lipinski definition) is 3. The number of likely N-dealkylation sites (N-methyl/N-ethyl adjacent to an activating group) is 1. The minimum absolute atomic E-state index is 0.240. The van der Waals surface area contributed by atoms with Crippen molar-refractivity contribution in [3.63, 3.8) is 0 Å². The molecule has 0 N–H and O–H groups in total. The van der Waals surface area contributed by atoms with Gasteiger partial charge in [-0.2, -0.15) is 13.2 Å². The van der Waals surface area contributed by atoms with Gasteiger partial charge in [-0.1, -0.05) is 0 Å². The Morgan fingerprint density at radius 3 is 2.21 bits per heavy atom. The molecule has 0 aliphatic carbocycles. The van der Waals surface area contributed by atoms with Crippen molar-refractivity contribution in [2.75, 3.05) is 45.2 Å². The molecule has 2 rings (SSSR count). The number of ether oxygens (including phenoxy) is 1. The van der Waals surface area contributed by atoms with Gasteiger partial charge in [-0.15, -0.1) is 0 Å². The van der Waals surface area contributed by atoms with Gasteiger partial charge in [0.05, 0.1) is 12.7 Å². The van der Waals surface area contributed by atoms with Gasteiger partial charge >= 0.3 is 6.18 Å². The predicted octanol–water partition coefficient (Wildman–Crippen LogP) is 2.47. The highest BCUT2D eigenvalue weighted by Crippen LogP contribution is 2.35. The van der Waals surface area contributed by atoms with Gasteiger partial charge < -0.3 is 14.5 Å². The molecule has 0 saturated carbocycles. The summed E-state index contributed by atoms with van der Waals surface area (Å²) in [6.07, 6.45) is -4.35. The largest absolute Gasteiger partial charge is 0.497 e. The lowest BCUT2D eigenvalue weighted by Gasteiger charge is -2.34. The van der Waals surface area contributed by atoms with Crippen LogP contribution in [0.1, 0.15) is 5.56 Å². The summed E-state index contributed by atoms with van der Waals surface area (Å²) in [7, 11) is 3.38. The maximum atomic E-state index is 12.8. The third-order valence-electron chi connectivity index (χ3n) is 3.32. The lowest BCUT2D eigenvalue weighted by molar-refractivity contribution is -0.137. The minimum atomic E-state index is -4.35. The number of alkyl halides is 3. The number of halogens is 3. The maximum Gasteiger partial charge on any atom is 0.416 e. The smallest absolute Gasteiger partial charge is 0.416 e. The molecule has 1 heterocycles. The quantitative estimate of drug-likeness (QED) is 0.824. The molecule has 0 aromatic heterocycles. The van der Waals surface area contributed by atoms with Gasteiger partial charge in [0.2, 0.25) is 0 Å². The average Bonchev–Trinajstić information content (AvgIpc) is 2.38. The van der Waals surface area contributed by atoms with Crippen LogP contribution in [0.4, 0.5) is 18.9 Å². The van der Waals surface area contributed by atoms with Crippen LogP contribution < -0.4 is 9.64 Å². The molecule has 1 aromatic carbocycles. The van der Waals surface area contributed by atoms with Crippen LogP contribution in [0.15, 0.2) is 18.2 Å². The van der Waals surface area contributed by atoms with Crippen LogP contribution in [0.5, 0.6) is 5.75 Å². The fraction of sp³-hybridized carbons (Fsp3) is 0.538. The van der Waals surface area contributed by atoms with E-state index in [2.05, 4.69) is 4.90 Å². The summed E-state index contributed by atoms with van der Waals surface area (Å²) in [5, 5.41) is 0.